The van der Waals surface area contributed by atoms with E-state index in [1.165, 1.54) is 5.56 Å². The molecule has 2 rings (SSSR count). The summed E-state index contributed by atoms with van der Waals surface area (Å²) in [5, 5.41) is 6.86. The van der Waals surface area contributed by atoms with Crippen molar-refractivity contribution in [3.63, 3.8) is 0 Å². The summed E-state index contributed by atoms with van der Waals surface area (Å²) in [4.78, 5) is 0. The Morgan fingerprint density at radius 2 is 1.83 bits per heavy atom. The molecule has 0 spiro atoms. The highest BCUT2D eigenvalue weighted by Gasteiger charge is 2.03. The molecule has 0 saturated heterocycles. The van der Waals surface area contributed by atoms with Crippen LogP contribution in [0.1, 0.15) is 30.5 Å². The van der Waals surface area contributed by atoms with Gasteiger partial charge in [-0.15, -0.1) is 0 Å². The summed E-state index contributed by atoms with van der Waals surface area (Å²) in [7, 11) is 0. The van der Waals surface area contributed by atoms with Crippen LogP contribution in [0.5, 0.6) is 0 Å². The molecule has 0 radical (unpaired) electrons. The quantitative estimate of drug-likeness (QED) is 0.659. The highest BCUT2D eigenvalue weighted by atomic mass is 19.1. The first-order valence-electron chi connectivity index (χ1n) is 8.83. The van der Waals surface area contributed by atoms with Crippen molar-refractivity contribution in [3.8, 4) is 0 Å². The van der Waals surface area contributed by atoms with E-state index < -0.39 is 0 Å². The van der Waals surface area contributed by atoms with Crippen LogP contribution >= 0.6 is 0 Å². The maximum Gasteiger partial charge on any atom is 0.126 e. The molecule has 2 aromatic rings. The van der Waals surface area contributed by atoms with E-state index in [0.29, 0.717) is 5.92 Å². The smallest absolute Gasteiger partial charge is 0.126 e. The topological polar surface area (TPSA) is 24.1 Å². The maximum absolute atomic E-state index is 13.9. The monoisotopic (exact) mass is 328 g/mol. The molecule has 0 amide bonds. The Morgan fingerprint density at radius 3 is 2.58 bits per heavy atom. The van der Waals surface area contributed by atoms with E-state index >= 15 is 0 Å². The molecule has 0 aliphatic carbocycles. The van der Waals surface area contributed by atoms with Gasteiger partial charge in [0.1, 0.15) is 5.82 Å². The van der Waals surface area contributed by atoms with Gasteiger partial charge in [-0.25, -0.2) is 4.39 Å². The van der Waals surface area contributed by atoms with E-state index in [1.54, 1.807) is 6.07 Å². The fourth-order valence-corrected chi connectivity index (χ4v) is 2.66. The minimum atomic E-state index is -0.0968. The van der Waals surface area contributed by atoms with Crippen molar-refractivity contribution in [3.05, 3.63) is 65.0 Å². The molecular weight excluding hydrogens is 299 g/mol. The summed E-state index contributed by atoms with van der Waals surface area (Å²) in [6.07, 6.45) is 1.58. The van der Waals surface area contributed by atoms with Crippen LogP contribution in [0.3, 0.4) is 0 Å². The predicted octanol–water partition coefficient (Wildman–Crippen LogP) is 4.58. The SMILES string of the molecule is Cc1ccc(CCc2cccc(NCCNCC(C)C)c2)c(F)c1. The molecule has 0 atom stereocenters. The number of halogens is 1. The average Bonchev–Trinajstić information content (AvgIpc) is 2.54. The number of hydrogen-bond donors (Lipinski definition) is 2. The lowest BCUT2D eigenvalue weighted by atomic mass is 10.0. The van der Waals surface area contributed by atoms with Gasteiger partial charge in [-0.1, -0.05) is 38.1 Å². The molecule has 24 heavy (non-hydrogen) atoms. The Hall–Kier alpha value is -1.87. The third kappa shape index (κ3) is 6.32. The van der Waals surface area contributed by atoms with Gasteiger partial charge in [0.2, 0.25) is 0 Å². The molecule has 0 saturated carbocycles. The van der Waals surface area contributed by atoms with Crippen LogP contribution in [0, 0.1) is 18.7 Å². The van der Waals surface area contributed by atoms with Crippen molar-refractivity contribution in [2.45, 2.75) is 33.6 Å². The van der Waals surface area contributed by atoms with E-state index in [4.69, 9.17) is 0 Å². The third-order valence-corrected chi connectivity index (χ3v) is 4.00. The van der Waals surface area contributed by atoms with Crippen LogP contribution in [0.4, 0.5) is 10.1 Å². The molecular formula is C21H29FN2. The highest BCUT2D eigenvalue weighted by molar-refractivity contribution is 5.46. The lowest BCUT2D eigenvalue weighted by molar-refractivity contribution is 0.561. The maximum atomic E-state index is 13.9. The fourth-order valence-electron chi connectivity index (χ4n) is 2.66. The molecule has 3 heteroatoms. The molecule has 130 valence electrons. The molecule has 2 aromatic carbocycles. The number of anilines is 1. The number of benzene rings is 2. The number of aryl methyl sites for hydroxylation is 3. The minimum absolute atomic E-state index is 0.0968. The fraction of sp³-hybridized carbons (Fsp3) is 0.429. The second kappa shape index (κ2) is 9.43. The number of nitrogens with one attached hydrogen (secondary N) is 2. The van der Waals surface area contributed by atoms with E-state index in [0.717, 1.165) is 49.3 Å². The van der Waals surface area contributed by atoms with Gasteiger partial charge >= 0.3 is 0 Å². The van der Waals surface area contributed by atoms with Gasteiger partial charge in [-0.3, -0.25) is 0 Å². The van der Waals surface area contributed by atoms with Crippen LogP contribution in [0.15, 0.2) is 42.5 Å². The Morgan fingerprint density at radius 1 is 1.00 bits per heavy atom. The summed E-state index contributed by atoms with van der Waals surface area (Å²) in [6, 6.07) is 13.9. The van der Waals surface area contributed by atoms with E-state index in [1.807, 2.05) is 19.1 Å². The van der Waals surface area contributed by atoms with E-state index in [-0.39, 0.29) is 5.82 Å². The Kier molecular flexibility index (Phi) is 7.26. The van der Waals surface area contributed by atoms with Gasteiger partial charge in [0.15, 0.2) is 0 Å². The molecule has 0 aliphatic heterocycles. The molecule has 0 heterocycles. The predicted molar refractivity (Wildman–Crippen MR) is 101 cm³/mol. The zero-order valence-electron chi connectivity index (χ0n) is 15.0. The van der Waals surface area contributed by atoms with Gasteiger partial charge < -0.3 is 10.6 Å². The van der Waals surface area contributed by atoms with Crippen molar-refractivity contribution < 1.29 is 4.39 Å². The van der Waals surface area contributed by atoms with Crippen molar-refractivity contribution in [1.82, 2.24) is 5.32 Å². The van der Waals surface area contributed by atoms with Crippen LogP contribution in [0.2, 0.25) is 0 Å². The van der Waals surface area contributed by atoms with E-state index in [9.17, 15) is 4.39 Å². The molecule has 0 unspecified atom stereocenters. The Bertz CT molecular complexity index is 637. The number of hydrogen-bond acceptors (Lipinski definition) is 2. The molecule has 0 aliphatic rings. The lowest BCUT2D eigenvalue weighted by Crippen LogP contribution is -2.25. The zero-order chi connectivity index (χ0) is 17.4. The summed E-state index contributed by atoms with van der Waals surface area (Å²) in [5.74, 6) is 0.580. The normalized spacial score (nSPS) is 11.0. The summed E-state index contributed by atoms with van der Waals surface area (Å²) >= 11 is 0. The second-order valence-corrected chi connectivity index (χ2v) is 6.82. The first kappa shape index (κ1) is 18.5. The first-order valence-corrected chi connectivity index (χ1v) is 8.83. The Balaban J connectivity index is 1.81. The van der Waals surface area contributed by atoms with Crippen LogP contribution in [-0.2, 0) is 12.8 Å². The van der Waals surface area contributed by atoms with Crippen LogP contribution in [0.25, 0.3) is 0 Å². The van der Waals surface area contributed by atoms with E-state index in [2.05, 4.69) is 48.7 Å². The van der Waals surface area contributed by atoms with Gasteiger partial charge in [0.25, 0.3) is 0 Å². The third-order valence-electron chi connectivity index (χ3n) is 4.00. The van der Waals surface area contributed by atoms with Crippen molar-refractivity contribution in [1.29, 1.82) is 0 Å². The lowest BCUT2D eigenvalue weighted by Gasteiger charge is -2.11. The molecule has 2 N–H and O–H groups in total. The summed E-state index contributed by atoms with van der Waals surface area (Å²) < 4.78 is 13.9. The van der Waals surface area contributed by atoms with Crippen molar-refractivity contribution >= 4 is 5.69 Å². The van der Waals surface area contributed by atoms with Gasteiger partial charge in [0.05, 0.1) is 0 Å². The Labute approximate surface area is 145 Å². The molecule has 0 fully saturated rings. The summed E-state index contributed by atoms with van der Waals surface area (Å²) in [6.45, 7) is 9.24. The van der Waals surface area contributed by atoms with Crippen molar-refractivity contribution in [2.24, 2.45) is 5.92 Å². The highest BCUT2D eigenvalue weighted by Crippen LogP contribution is 2.15. The van der Waals surface area contributed by atoms with Gasteiger partial charge in [-0.2, -0.15) is 0 Å². The first-order chi connectivity index (χ1) is 11.5. The number of rotatable bonds is 9. The van der Waals surface area contributed by atoms with Gasteiger partial charge in [0, 0.05) is 18.8 Å². The zero-order valence-corrected chi connectivity index (χ0v) is 15.0. The summed E-state index contributed by atoms with van der Waals surface area (Å²) in [5.41, 5.74) is 4.11. The van der Waals surface area contributed by atoms with Crippen LogP contribution < -0.4 is 10.6 Å². The van der Waals surface area contributed by atoms with Gasteiger partial charge in [-0.05, 0) is 67.1 Å². The largest absolute Gasteiger partial charge is 0.384 e. The molecule has 2 nitrogen and oxygen atoms in total. The van der Waals surface area contributed by atoms with Crippen molar-refractivity contribution in [2.75, 3.05) is 25.0 Å². The standard InChI is InChI=1S/C21H29FN2/c1-16(2)15-23-11-12-24-20-6-4-5-18(14-20)8-10-19-9-7-17(3)13-21(19)22/h4-7,9,13-14,16,23-24H,8,10-12,15H2,1-3H3. The molecule has 0 aromatic heterocycles. The second-order valence-electron chi connectivity index (χ2n) is 6.82. The van der Waals surface area contributed by atoms with Crippen LogP contribution in [-0.4, -0.2) is 19.6 Å². The average molecular weight is 328 g/mol. The molecule has 0 bridgehead atoms. The minimum Gasteiger partial charge on any atom is -0.384 e.